The van der Waals surface area contributed by atoms with Gasteiger partial charge in [0, 0.05) is 12.0 Å². The fourth-order valence-corrected chi connectivity index (χ4v) is 1.58. The van der Waals surface area contributed by atoms with Crippen LogP contribution in [-0.4, -0.2) is 10.9 Å². The molecule has 0 aromatic heterocycles. The summed E-state index contributed by atoms with van der Waals surface area (Å²) in [6.07, 6.45) is 2.41. The predicted octanol–water partition coefficient (Wildman–Crippen LogP) is 1.92. The predicted molar refractivity (Wildman–Crippen MR) is 50.5 cm³/mol. The van der Waals surface area contributed by atoms with Gasteiger partial charge in [0.25, 0.3) is 0 Å². The molecule has 0 saturated carbocycles. The first-order valence-electron chi connectivity index (χ1n) is 4.21. The van der Waals surface area contributed by atoms with E-state index in [0.29, 0.717) is 6.42 Å². The molecule has 0 spiro atoms. The second-order valence-corrected chi connectivity index (χ2v) is 3.25. The lowest BCUT2D eigenvalue weighted by Gasteiger charge is -2.00. The molecular formula is C11H10O2. The Kier molecular flexibility index (Phi) is 1.69. The number of aromatic hydroxyl groups is 1. The third kappa shape index (κ3) is 1.24. The minimum atomic E-state index is 0.0793. The highest BCUT2D eigenvalue weighted by Gasteiger charge is 2.17. The van der Waals surface area contributed by atoms with Gasteiger partial charge in [-0.3, -0.25) is 4.79 Å². The van der Waals surface area contributed by atoms with Crippen LogP contribution >= 0.6 is 0 Å². The van der Waals surface area contributed by atoms with Gasteiger partial charge in [-0.15, -0.1) is 0 Å². The first kappa shape index (κ1) is 8.05. The Bertz CT molecular complexity index is 403. The largest absolute Gasteiger partial charge is 0.508 e. The van der Waals surface area contributed by atoms with E-state index in [1.165, 1.54) is 0 Å². The number of carbonyl (C=O) groups excluding carboxylic acids is 1. The van der Waals surface area contributed by atoms with Gasteiger partial charge >= 0.3 is 0 Å². The van der Waals surface area contributed by atoms with Crippen LogP contribution in [0.3, 0.4) is 0 Å². The minimum Gasteiger partial charge on any atom is -0.508 e. The monoisotopic (exact) mass is 174 g/mol. The molecule has 2 nitrogen and oxygen atoms in total. The highest BCUT2D eigenvalue weighted by atomic mass is 16.3. The molecule has 0 radical (unpaired) electrons. The first-order chi connectivity index (χ1) is 6.18. The topological polar surface area (TPSA) is 37.3 Å². The molecule has 1 aliphatic rings. The number of carbonyl (C=O) groups is 1. The van der Waals surface area contributed by atoms with E-state index in [9.17, 15) is 9.90 Å². The van der Waals surface area contributed by atoms with Crippen LogP contribution in [0.15, 0.2) is 23.8 Å². The van der Waals surface area contributed by atoms with E-state index < -0.39 is 0 Å². The summed E-state index contributed by atoms with van der Waals surface area (Å²) in [5.74, 6) is 0.362. The number of fused-ring (bicyclic) bond motifs is 1. The first-order valence-corrected chi connectivity index (χ1v) is 4.21. The maximum absolute atomic E-state index is 11.1. The Labute approximate surface area is 76.5 Å². The second-order valence-electron chi connectivity index (χ2n) is 3.25. The van der Waals surface area contributed by atoms with E-state index in [2.05, 4.69) is 0 Å². The lowest BCUT2D eigenvalue weighted by molar-refractivity contribution is -0.113. The molecular weight excluding hydrogens is 164 g/mol. The lowest BCUT2D eigenvalue weighted by atomic mass is 10.1. The SMILES string of the molecule is CC(=O)C1=Cc2cccc(O)c2C1. The maximum Gasteiger partial charge on any atom is 0.156 e. The van der Waals surface area contributed by atoms with E-state index in [0.717, 1.165) is 16.7 Å². The molecule has 66 valence electrons. The van der Waals surface area contributed by atoms with Gasteiger partial charge in [-0.05, 0) is 30.2 Å². The number of rotatable bonds is 1. The molecule has 0 amide bonds. The summed E-state index contributed by atoms with van der Waals surface area (Å²) in [5.41, 5.74) is 2.61. The van der Waals surface area contributed by atoms with Gasteiger partial charge < -0.3 is 5.11 Å². The number of hydrogen-bond acceptors (Lipinski definition) is 2. The number of phenols is 1. The Balaban J connectivity index is 2.46. The number of ketones is 1. The molecule has 0 heterocycles. The molecule has 0 aliphatic heterocycles. The Morgan fingerprint density at radius 2 is 2.23 bits per heavy atom. The van der Waals surface area contributed by atoms with Crippen molar-refractivity contribution < 1.29 is 9.90 Å². The van der Waals surface area contributed by atoms with Crippen molar-refractivity contribution in [3.63, 3.8) is 0 Å². The van der Waals surface area contributed by atoms with Crippen LogP contribution in [0.5, 0.6) is 5.75 Å². The van der Waals surface area contributed by atoms with Crippen LogP contribution in [0, 0.1) is 0 Å². The average molecular weight is 174 g/mol. The fraction of sp³-hybridized carbons (Fsp3) is 0.182. The minimum absolute atomic E-state index is 0.0793. The fourth-order valence-electron chi connectivity index (χ4n) is 1.58. The second kappa shape index (κ2) is 2.73. The molecule has 0 fully saturated rings. The van der Waals surface area contributed by atoms with Crippen LogP contribution in [0.4, 0.5) is 0 Å². The molecule has 13 heavy (non-hydrogen) atoms. The quantitative estimate of drug-likeness (QED) is 0.706. The summed E-state index contributed by atoms with van der Waals surface area (Å²) >= 11 is 0. The normalized spacial score (nSPS) is 13.8. The van der Waals surface area contributed by atoms with Gasteiger partial charge in [-0.25, -0.2) is 0 Å². The summed E-state index contributed by atoms with van der Waals surface area (Å²) in [4.78, 5) is 11.1. The number of allylic oxidation sites excluding steroid dienone is 1. The van der Waals surface area contributed by atoms with Gasteiger partial charge in [0.05, 0.1) is 0 Å². The van der Waals surface area contributed by atoms with Crippen LogP contribution in [0.2, 0.25) is 0 Å². The average Bonchev–Trinajstić information content (AvgIpc) is 2.49. The van der Waals surface area contributed by atoms with Gasteiger partial charge in [-0.1, -0.05) is 12.1 Å². The van der Waals surface area contributed by atoms with E-state index >= 15 is 0 Å². The molecule has 0 unspecified atom stereocenters. The lowest BCUT2D eigenvalue weighted by Crippen LogP contribution is -1.95. The summed E-state index contributed by atoms with van der Waals surface area (Å²) in [6, 6.07) is 5.34. The van der Waals surface area contributed by atoms with E-state index in [1.54, 1.807) is 19.1 Å². The van der Waals surface area contributed by atoms with Crippen molar-refractivity contribution in [3.05, 3.63) is 34.9 Å². The summed E-state index contributed by atoms with van der Waals surface area (Å²) < 4.78 is 0. The van der Waals surface area contributed by atoms with E-state index in [4.69, 9.17) is 0 Å². The van der Waals surface area contributed by atoms with Crippen molar-refractivity contribution in [2.24, 2.45) is 0 Å². The standard InChI is InChI=1S/C11H10O2/c1-7(12)9-5-8-3-2-4-11(13)10(8)6-9/h2-5,13H,6H2,1H3. The highest BCUT2D eigenvalue weighted by molar-refractivity contribution is 6.00. The third-order valence-electron chi connectivity index (χ3n) is 2.34. The van der Waals surface area contributed by atoms with Gasteiger partial charge in [0.15, 0.2) is 5.78 Å². The van der Waals surface area contributed by atoms with Crippen molar-refractivity contribution in [2.45, 2.75) is 13.3 Å². The van der Waals surface area contributed by atoms with Crippen LogP contribution in [0.1, 0.15) is 18.1 Å². The Morgan fingerprint density at radius 1 is 1.46 bits per heavy atom. The van der Waals surface area contributed by atoms with Gasteiger partial charge in [0.2, 0.25) is 0 Å². The number of hydrogen-bond donors (Lipinski definition) is 1. The van der Waals surface area contributed by atoms with E-state index in [-0.39, 0.29) is 11.5 Å². The van der Waals surface area contributed by atoms with Crippen molar-refractivity contribution in [1.29, 1.82) is 0 Å². The highest BCUT2D eigenvalue weighted by Crippen LogP contribution is 2.31. The van der Waals surface area contributed by atoms with Crippen molar-refractivity contribution in [2.75, 3.05) is 0 Å². The number of phenolic OH excluding ortho intramolecular Hbond substituents is 1. The molecule has 2 heteroatoms. The molecule has 0 saturated heterocycles. The molecule has 1 aromatic rings. The molecule has 2 rings (SSSR count). The molecule has 1 N–H and O–H groups in total. The summed E-state index contributed by atoms with van der Waals surface area (Å²) in [6.45, 7) is 1.55. The van der Waals surface area contributed by atoms with E-state index in [1.807, 2.05) is 12.1 Å². The van der Waals surface area contributed by atoms with Crippen molar-refractivity contribution in [1.82, 2.24) is 0 Å². The summed E-state index contributed by atoms with van der Waals surface area (Å²) in [5, 5.41) is 9.49. The third-order valence-corrected chi connectivity index (χ3v) is 2.34. The number of benzene rings is 1. The smallest absolute Gasteiger partial charge is 0.156 e. The number of Topliss-reactive ketones (excluding diaryl/α,β-unsaturated/α-hetero) is 1. The Hall–Kier alpha value is -1.57. The summed E-state index contributed by atoms with van der Waals surface area (Å²) in [7, 11) is 0. The van der Waals surface area contributed by atoms with Crippen molar-refractivity contribution >= 4 is 11.9 Å². The van der Waals surface area contributed by atoms with Crippen molar-refractivity contribution in [3.8, 4) is 5.75 Å². The molecule has 0 atom stereocenters. The van der Waals surface area contributed by atoms with Crippen LogP contribution < -0.4 is 0 Å². The maximum atomic E-state index is 11.1. The van der Waals surface area contributed by atoms with Gasteiger partial charge in [0.1, 0.15) is 5.75 Å². The van der Waals surface area contributed by atoms with Crippen LogP contribution in [-0.2, 0) is 11.2 Å². The Morgan fingerprint density at radius 3 is 2.85 bits per heavy atom. The van der Waals surface area contributed by atoms with Crippen LogP contribution in [0.25, 0.3) is 6.08 Å². The zero-order valence-electron chi connectivity index (χ0n) is 7.37. The van der Waals surface area contributed by atoms with Gasteiger partial charge in [-0.2, -0.15) is 0 Å². The zero-order valence-corrected chi connectivity index (χ0v) is 7.37. The molecule has 1 aliphatic carbocycles. The molecule has 1 aromatic carbocycles. The molecule has 0 bridgehead atoms. The zero-order chi connectivity index (χ0) is 9.42.